The highest BCUT2D eigenvalue weighted by Crippen LogP contribution is 2.18. The summed E-state index contributed by atoms with van der Waals surface area (Å²) in [5.41, 5.74) is 2.13. The van der Waals surface area contributed by atoms with Gasteiger partial charge in [0, 0.05) is 45.0 Å². The normalized spacial score (nSPS) is 10.3. The van der Waals surface area contributed by atoms with Crippen LogP contribution >= 0.6 is 0 Å². The Morgan fingerprint density at radius 1 is 1.08 bits per heavy atom. The van der Waals surface area contributed by atoms with Crippen molar-refractivity contribution in [3.8, 4) is 5.75 Å². The van der Waals surface area contributed by atoms with Crippen molar-refractivity contribution in [2.45, 2.75) is 13.5 Å². The maximum Gasteiger partial charge on any atom is 0.269 e. The lowest BCUT2D eigenvalue weighted by Gasteiger charge is -2.21. The van der Waals surface area contributed by atoms with Crippen molar-refractivity contribution in [3.05, 3.63) is 64.2 Å². The minimum absolute atomic E-state index is 0.0139. The number of amides is 1. The third kappa shape index (κ3) is 5.20. The van der Waals surface area contributed by atoms with Gasteiger partial charge in [-0.25, -0.2) is 0 Å². The molecule has 2 rings (SSSR count). The Kier molecular flexibility index (Phi) is 6.54. The molecule has 0 saturated heterocycles. The predicted molar refractivity (Wildman–Crippen MR) is 100 cm³/mol. The van der Waals surface area contributed by atoms with E-state index in [-0.39, 0.29) is 18.2 Å². The number of hydrogen-bond donors (Lipinski definition) is 0. The van der Waals surface area contributed by atoms with Crippen LogP contribution in [-0.2, 0) is 11.3 Å². The van der Waals surface area contributed by atoms with E-state index >= 15 is 0 Å². The summed E-state index contributed by atoms with van der Waals surface area (Å²) in [6, 6.07) is 13.7. The topological polar surface area (TPSA) is 75.9 Å². The van der Waals surface area contributed by atoms with E-state index in [1.807, 2.05) is 50.2 Å². The standard InChI is InChI=1S/C19H23N3O4/c1-4-21(13-15-5-7-16(8-6-15)20(2)3)19(23)14-26-18-11-9-17(10-12-18)22(24)25/h5-12H,4,13-14H2,1-3H3. The van der Waals surface area contributed by atoms with E-state index in [2.05, 4.69) is 0 Å². The molecule has 0 saturated carbocycles. The number of nitro benzene ring substituents is 1. The van der Waals surface area contributed by atoms with Gasteiger partial charge in [-0.15, -0.1) is 0 Å². The van der Waals surface area contributed by atoms with Crippen LogP contribution in [0.15, 0.2) is 48.5 Å². The second-order valence-corrected chi connectivity index (χ2v) is 6.01. The average molecular weight is 357 g/mol. The number of non-ortho nitro benzene ring substituents is 1. The number of likely N-dealkylation sites (N-methyl/N-ethyl adjacent to an activating group) is 1. The zero-order valence-corrected chi connectivity index (χ0v) is 15.2. The van der Waals surface area contributed by atoms with Gasteiger partial charge in [0.1, 0.15) is 5.75 Å². The number of carbonyl (C=O) groups excluding carboxylic acids is 1. The molecular weight excluding hydrogens is 334 g/mol. The number of rotatable bonds is 8. The Morgan fingerprint density at radius 3 is 2.19 bits per heavy atom. The zero-order valence-electron chi connectivity index (χ0n) is 15.2. The first-order valence-electron chi connectivity index (χ1n) is 8.32. The number of carbonyl (C=O) groups is 1. The minimum atomic E-state index is -0.477. The lowest BCUT2D eigenvalue weighted by molar-refractivity contribution is -0.384. The summed E-state index contributed by atoms with van der Waals surface area (Å²) in [4.78, 5) is 26.3. The van der Waals surface area contributed by atoms with Gasteiger partial charge in [0.05, 0.1) is 4.92 Å². The SMILES string of the molecule is CCN(Cc1ccc(N(C)C)cc1)C(=O)COc1ccc([N+](=O)[O-])cc1. The van der Waals surface area contributed by atoms with E-state index in [9.17, 15) is 14.9 Å². The largest absolute Gasteiger partial charge is 0.484 e. The molecule has 1 amide bonds. The highest BCUT2D eigenvalue weighted by Gasteiger charge is 2.14. The second-order valence-electron chi connectivity index (χ2n) is 6.01. The molecule has 0 aliphatic rings. The molecule has 0 spiro atoms. The molecule has 0 heterocycles. The summed E-state index contributed by atoms with van der Waals surface area (Å²) in [5.74, 6) is 0.290. The summed E-state index contributed by atoms with van der Waals surface area (Å²) in [5, 5.41) is 10.6. The van der Waals surface area contributed by atoms with Crippen LogP contribution in [0.25, 0.3) is 0 Å². The molecule has 7 heteroatoms. The van der Waals surface area contributed by atoms with Crippen molar-refractivity contribution < 1.29 is 14.5 Å². The fourth-order valence-electron chi connectivity index (χ4n) is 2.40. The lowest BCUT2D eigenvalue weighted by Crippen LogP contribution is -2.34. The fraction of sp³-hybridized carbons (Fsp3) is 0.316. The molecular formula is C19H23N3O4. The first-order valence-corrected chi connectivity index (χ1v) is 8.32. The Morgan fingerprint density at radius 2 is 1.69 bits per heavy atom. The molecule has 7 nitrogen and oxygen atoms in total. The summed E-state index contributed by atoms with van der Waals surface area (Å²) in [6.07, 6.45) is 0. The Balaban J connectivity index is 1.92. The van der Waals surface area contributed by atoms with Gasteiger partial charge in [-0.3, -0.25) is 14.9 Å². The fourth-order valence-corrected chi connectivity index (χ4v) is 2.40. The van der Waals surface area contributed by atoms with Crippen molar-refractivity contribution in [2.24, 2.45) is 0 Å². The van der Waals surface area contributed by atoms with E-state index < -0.39 is 4.92 Å². The van der Waals surface area contributed by atoms with Crippen LogP contribution in [-0.4, -0.2) is 43.0 Å². The quantitative estimate of drug-likeness (QED) is 0.536. The van der Waals surface area contributed by atoms with Crippen LogP contribution in [0.5, 0.6) is 5.75 Å². The number of ether oxygens (including phenoxy) is 1. The summed E-state index contributed by atoms with van der Waals surface area (Å²) < 4.78 is 5.45. The minimum Gasteiger partial charge on any atom is -0.484 e. The first kappa shape index (κ1) is 19.2. The summed E-state index contributed by atoms with van der Waals surface area (Å²) >= 11 is 0. The molecule has 0 unspecified atom stereocenters. The molecule has 26 heavy (non-hydrogen) atoms. The highest BCUT2D eigenvalue weighted by molar-refractivity contribution is 5.77. The van der Waals surface area contributed by atoms with Crippen LogP contribution < -0.4 is 9.64 Å². The molecule has 0 fully saturated rings. The van der Waals surface area contributed by atoms with Gasteiger partial charge in [-0.1, -0.05) is 12.1 Å². The molecule has 138 valence electrons. The monoisotopic (exact) mass is 357 g/mol. The molecule has 0 radical (unpaired) electrons. The first-order chi connectivity index (χ1) is 12.4. The van der Waals surface area contributed by atoms with E-state index in [1.165, 1.54) is 24.3 Å². The van der Waals surface area contributed by atoms with Crippen molar-refractivity contribution in [2.75, 3.05) is 32.1 Å². The number of nitro groups is 1. The van der Waals surface area contributed by atoms with Crippen LogP contribution in [0.2, 0.25) is 0 Å². The second kappa shape index (κ2) is 8.84. The maximum atomic E-state index is 12.4. The molecule has 0 atom stereocenters. The summed E-state index contributed by atoms with van der Waals surface area (Å²) in [6.45, 7) is 2.88. The Hall–Kier alpha value is -3.09. The van der Waals surface area contributed by atoms with Crippen LogP contribution in [0.1, 0.15) is 12.5 Å². The summed E-state index contributed by atoms with van der Waals surface area (Å²) in [7, 11) is 3.96. The van der Waals surface area contributed by atoms with Gasteiger partial charge >= 0.3 is 0 Å². The molecule has 0 bridgehead atoms. The van der Waals surface area contributed by atoms with Gasteiger partial charge in [0.25, 0.3) is 11.6 Å². The van der Waals surface area contributed by atoms with Crippen LogP contribution in [0, 0.1) is 10.1 Å². The number of nitrogens with zero attached hydrogens (tertiary/aromatic N) is 3. The predicted octanol–water partition coefficient (Wildman–Crippen LogP) is 3.09. The van der Waals surface area contributed by atoms with Crippen LogP contribution in [0.4, 0.5) is 11.4 Å². The van der Waals surface area contributed by atoms with E-state index in [0.29, 0.717) is 18.8 Å². The molecule has 0 N–H and O–H groups in total. The molecule has 0 aliphatic carbocycles. The number of hydrogen-bond acceptors (Lipinski definition) is 5. The van der Waals surface area contributed by atoms with E-state index in [1.54, 1.807) is 4.90 Å². The average Bonchev–Trinajstić information content (AvgIpc) is 2.64. The molecule has 2 aromatic carbocycles. The van der Waals surface area contributed by atoms with E-state index in [4.69, 9.17) is 4.74 Å². The molecule has 0 aromatic heterocycles. The van der Waals surface area contributed by atoms with Gasteiger partial charge in [-0.2, -0.15) is 0 Å². The van der Waals surface area contributed by atoms with Crippen molar-refractivity contribution in [3.63, 3.8) is 0 Å². The zero-order chi connectivity index (χ0) is 19.1. The Labute approximate surface area is 152 Å². The van der Waals surface area contributed by atoms with Gasteiger partial charge in [0.2, 0.25) is 0 Å². The molecule has 0 aliphatic heterocycles. The van der Waals surface area contributed by atoms with Gasteiger partial charge in [0.15, 0.2) is 6.61 Å². The van der Waals surface area contributed by atoms with Gasteiger partial charge < -0.3 is 14.5 Å². The van der Waals surface area contributed by atoms with Crippen LogP contribution in [0.3, 0.4) is 0 Å². The lowest BCUT2D eigenvalue weighted by atomic mass is 10.2. The smallest absolute Gasteiger partial charge is 0.269 e. The van der Waals surface area contributed by atoms with E-state index in [0.717, 1.165) is 11.3 Å². The Bertz CT molecular complexity index is 742. The third-order valence-electron chi connectivity index (χ3n) is 3.97. The number of anilines is 1. The number of benzene rings is 2. The maximum absolute atomic E-state index is 12.4. The molecule has 2 aromatic rings. The highest BCUT2D eigenvalue weighted by atomic mass is 16.6. The van der Waals surface area contributed by atoms with Crippen molar-refractivity contribution >= 4 is 17.3 Å². The van der Waals surface area contributed by atoms with Gasteiger partial charge in [-0.05, 0) is 36.8 Å². The van der Waals surface area contributed by atoms with Crippen molar-refractivity contribution in [1.82, 2.24) is 4.90 Å². The third-order valence-corrected chi connectivity index (χ3v) is 3.97. The van der Waals surface area contributed by atoms with Crippen molar-refractivity contribution in [1.29, 1.82) is 0 Å².